The van der Waals surface area contributed by atoms with Crippen molar-refractivity contribution in [1.29, 1.82) is 0 Å². The molecule has 1 atom stereocenters. The molecule has 0 saturated carbocycles. The maximum Gasteiger partial charge on any atom is 0.311 e. The van der Waals surface area contributed by atoms with E-state index in [0.717, 1.165) is 6.42 Å². The fourth-order valence-electron chi connectivity index (χ4n) is 1.64. The summed E-state index contributed by atoms with van der Waals surface area (Å²) in [5.41, 5.74) is 0.694. The first kappa shape index (κ1) is 12.4. The summed E-state index contributed by atoms with van der Waals surface area (Å²) >= 11 is 0. The Hall–Kier alpha value is -1.64. The van der Waals surface area contributed by atoms with Gasteiger partial charge in [0.15, 0.2) is 0 Å². The molecule has 1 unspecified atom stereocenters. The van der Waals surface area contributed by atoms with Crippen LogP contribution in [0.3, 0.4) is 0 Å². The van der Waals surface area contributed by atoms with Crippen molar-refractivity contribution in [2.24, 2.45) is 0 Å². The first-order chi connectivity index (χ1) is 7.65. The highest BCUT2D eigenvalue weighted by molar-refractivity contribution is 5.86. The van der Waals surface area contributed by atoms with E-state index >= 15 is 0 Å². The minimum atomic E-state index is -0.935. The average Bonchev–Trinajstić information content (AvgIpc) is 2.27. The van der Waals surface area contributed by atoms with Crippen LogP contribution < -0.4 is 0 Å². The standard InChI is InChI=1S/C13H16O3/c1-2-6-11(14)9-12(13(15)16)10-7-4-3-5-8-10/h3-5,7-8,12H,2,6,9H2,1H3,(H,15,16). The van der Waals surface area contributed by atoms with E-state index in [1.54, 1.807) is 24.3 Å². The van der Waals surface area contributed by atoms with Crippen LogP contribution in [0, 0.1) is 0 Å². The van der Waals surface area contributed by atoms with Crippen molar-refractivity contribution in [2.75, 3.05) is 0 Å². The van der Waals surface area contributed by atoms with Gasteiger partial charge in [0.2, 0.25) is 0 Å². The van der Waals surface area contributed by atoms with E-state index in [0.29, 0.717) is 12.0 Å². The molecule has 0 saturated heterocycles. The molecule has 0 amide bonds. The summed E-state index contributed by atoms with van der Waals surface area (Å²) in [6, 6.07) is 8.90. The Morgan fingerprint density at radius 3 is 2.38 bits per heavy atom. The lowest BCUT2D eigenvalue weighted by Crippen LogP contribution is -2.16. The second-order valence-electron chi connectivity index (χ2n) is 3.79. The molecule has 1 aromatic rings. The van der Waals surface area contributed by atoms with E-state index in [1.165, 1.54) is 0 Å². The van der Waals surface area contributed by atoms with Crippen molar-refractivity contribution in [3.05, 3.63) is 35.9 Å². The van der Waals surface area contributed by atoms with E-state index in [9.17, 15) is 9.59 Å². The SMILES string of the molecule is CCCC(=O)CC(C(=O)O)c1ccccc1. The third kappa shape index (κ3) is 3.50. The van der Waals surface area contributed by atoms with Gasteiger partial charge in [-0.1, -0.05) is 37.3 Å². The summed E-state index contributed by atoms with van der Waals surface area (Å²) in [7, 11) is 0. The van der Waals surface area contributed by atoms with Gasteiger partial charge in [-0.3, -0.25) is 9.59 Å². The smallest absolute Gasteiger partial charge is 0.311 e. The fourth-order valence-corrected chi connectivity index (χ4v) is 1.64. The molecule has 0 fully saturated rings. The highest BCUT2D eigenvalue weighted by Crippen LogP contribution is 2.20. The minimum absolute atomic E-state index is 0.0127. The van der Waals surface area contributed by atoms with Crippen LogP contribution >= 0.6 is 0 Å². The van der Waals surface area contributed by atoms with Gasteiger partial charge in [-0.15, -0.1) is 0 Å². The molecule has 0 radical (unpaired) electrons. The van der Waals surface area contributed by atoms with Crippen LogP contribution in [0.15, 0.2) is 30.3 Å². The molecule has 16 heavy (non-hydrogen) atoms. The van der Waals surface area contributed by atoms with Crippen molar-refractivity contribution in [2.45, 2.75) is 32.1 Å². The molecule has 1 N–H and O–H groups in total. The van der Waals surface area contributed by atoms with E-state index in [4.69, 9.17) is 5.11 Å². The highest BCUT2D eigenvalue weighted by atomic mass is 16.4. The van der Waals surface area contributed by atoms with Crippen LogP contribution in [0.25, 0.3) is 0 Å². The molecule has 1 rings (SSSR count). The number of hydrogen-bond donors (Lipinski definition) is 1. The van der Waals surface area contributed by atoms with E-state index in [1.807, 2.05) is 13.0 Å². The van der Waals surface area contributed by atoms with Crippen molar-refractivity contribution in [1.82, 2.24) is 0 Å². The van der Waals surface area contributed by atoms with Crippen LogP contribution in [-0.2, 0) is 9.59 Å². The second-order valence-corrected chi connectivity index (χ2v) is 3.79. The number of carboxylic acids is 1. The predicted molar refractivity (Wildman–Crippen MR) is 61.4 cm³/mol. The van der Waals surface area contributed by atoms with Gasteiger partial charge in [-0.2, -0.15) is 0 Å². The normalized spacial score (nSPS) is 12.1. The largest absolute Gasteiger partial charge is 0.481 e. The molecule has 0 aliphatic carbocycles. The van der Waals surface area contributed by atoms with Gasteiger partial charge in [0.1, 0.15) is 5.78 Å². The van der Waals surface area contributed by atoms with E-state index < -0.39 is 11.9 Å². The third-order valence-corrected chi connectivity index (χ3v) is 2.46. The Balaban J connectivity index is 2.77. The Morgan fingerprint density at radius 2 is 1.88 bits per heavy atom. The van der Waals surface area contributed by atoms with Crippen LogP contribution in [0.1, 0.15) is 37.7 Å². The Labute approximate surface area is 95.1 Å². The quantitative estimate of drug-likeness (QED) is 0.801. The summed E-state index contributed by atoms with van der Waals surface area (Å²) in [4.78, 5) is 22.6. The third-order valence-electron chi connectivity index (χ3n) is 2.46. The predicted octanol–water partition coefficient (Wildman–Crippen LogP) is 2.61. The first-order valence-corrected chi connectivity index (χ1v) is 5.44. The van der Waals surface area contributed by atoms with Gasteiger partial charge in [0.25, 0.3) is 0 Å². The lowest BCUT2D eigenvalue weighted by atomic mass is 9.93. The van der Waals surface area contributed by atoms with Gasteiger partial charge < -0.3 is 5.11 Å². The van der Waals surface area contributed by atoms with Gasteiger partial charge in [-0.05, 0) is 12.0 Å². The number of aliphatic carboxylic acids is 1. The van der Waals surface area contributed by atoms with Crippen molar-refractivity contribution < 1.29 is 14.7 Å². The number of benzene rings is 1. The topological polar surface area (TPSA) is 54.4 Å². The average molecular weight is 220 g/mol. The number of Topliss-reactive ketones (excluding diaryl/α,β-unsaturated/α-hetero) is 1. The zero-order chi connectivity index (χ0) is 12.0. The molecule has 0 bridgehead atoms. The first-order valence-electron chi connectivity index (χ1n) is 5.44. The molecule has 0 heterocycles. The lowest BCUT2D eigenvalue weighted by Gasteiger charge is -2.11. The Kier molecular flexibility index (Phi) is 4.70. The monoisotopic (exact) mass is 220 g/mol. The molecular weight excluding hydrogens is 204 g/mol. The summed E-state index contributed by atoms with van der Waals surface area (Å²) in [6.45, 7) is 1.91. The Bertz CT molecular complexity index is 357. The number of ketones is 1. The fraction of sp³-hybridized carbons (Fsp3) is 0.385. The molecule has 0 aliphatic rings. The second kappa shape index (κ2) is 6.05. The van der Waals surface area contributed by atoms with Crippen molar-refractivity contribution in [3.8, 4) is 0 Å². The number of hydrogen-bond acceptors (Lipinski definition) is 2. The van der Waals surface area contributed by atoms with Gasteiger partial charge in [-0.25, -0.2) is 0 Å². The van der Waals surface area contributed by atoms with Gasteiger partial charge in [0.05, 0.1) is 5.92 Å². The summed E-state index contributed by atoms with van der Waals surface area (Å²) in [6.07, 6.45) is 1.31. The van der Waals surface area contributed by atoms with E-state index in [2.05, 4.69) is 0 Å². The molecule has 3 heteroatoms. The summed E-state index contributed by atoms with van der Waals surface area (Å²) in [5, 5.41) is 9.09. The molecule has 1 aromatic carbocycles. The van der Waals surface area contributed by atoms with Gasteiger partial charge in [0, 0.05) is 12.8 Å². The van der Waals surface area contributed by atoms with Crippen molar-refractivity contribution in [3.63, 3.8) is 0 Å². The number of carbonyl (C=O) groups excluding carboxylic acids is 1. The zero-order valence-electron chi connectivity index (χ0n) is 9.35. The minimum Gasteiger partial charge on any atom is -0.481 e. The summed E-state index contributed by atoms with van der Waals surface area (Å²) in [5.74, 6) is -1.63. The number of carboxylic acid groups (broad SMARTS) is 1. The maximum atomic E-state index is 11.5. The number of rotatable bonds is 6. The zero-order valence-corrected chi connectivity index (χ0v) is 9.35. The van der Waals surface area contributed by atoms with Crippen LogP contribution in [0.2, 0.25) is 0 Å². The molecular formula is C13H16O3. The van der Waals surface area contributed by atoms with Crippen LogP contribution in [0.4, 0.5) is 0 Å². The van der Waals surface area contributed by atoms with Crippen molar-refractivity contribution >= 4 is 11.8 Å². The van der Waals surface area contributed by atoms with Crippen LogP contribution in [0.5, 0.6) is 0 Å². The number of carbonyl (C=O) groups is 2. The lowest BCUT2D eigenvalue weighted by molar-refractivity contribution is -0.140. The Morgan fingerprint density at radius 1 is 1.25 bits per heavy atom. The highest BCUT2D eigenvalue weighted by Gasteiger charge is 2.22. The molecule has 86 valence electrons. The summed E-state index contributed by atoms with van der Waals surface area (Å²) < 4.78 is 0. The maximum absolute atomic E-state index is 11.5. The molecule has 3 nitrogen and oxygen atoms in total. The van der Waals surface area contributed by atoms with Crippen LogP contribution in [-0.4, -0.2) is 16.9 Å². The molecule has 0 aliphatic heterocycles. The molecule has 0 aromatic heterocycles. The van der Waals surface area contributed by atoms with Gasteiger partial charge >= 0.3 is 5.97 Å². The molecule has 0 spiro atoms. The van der Waals surface area contributed by atoms with E-state index in [-0.39, 0.29) is 12.2 Å².